The summed E-state index contributed by atoms with van der Waals surface area (Å²) in [6.45, 7) is 0. The van der Waals surface area contributed by atoms with Gasteiger partial charge in [-0.05, 0) is 23.6 Å². The predicted molar refractivity (Wildman–Crippen MR) is 94.6 cm³/mol. The Labute approximate surface area is 139 Å². The molecule has 0 aliphatic heterocycles. The van der Waals surface area contributed by atoms with E-state index in [-0.39, 0.29) is 11.3 Å². The predicted octanol–water partition coefficient (Wildman–Crippen LogP) is 3.51. The van der Waals surface area contributed by atoms with Gasteiger partial charge >= 0.3 is 0 Å². The summed E-state index contributed by atoms with van der Waals surface area (Å²) in [5, 5.41) is 22.2. The van der Waals surface area contributed by atoms with Gasteiger partial charge in [-0.1, -0.05) is 24.3 Å². The molecule has 0 aliphatic carbocycles. The maximum absolute atomic E-state index is 11.0. The number of benzene rings is 3. The highest BCUT2D eigenvalue weighted by Crippen LogP contribution is 2.28. The molecule has 0 radical (unpaired) electrons. The number of nitrogens with zero attached hydrogens (tertiary/aromatic N) is 3. The smallest absolute Gasteiger partial charge is 0.271 e. The number of nitro benzene ring substituents is 1. The van der Waals surface area contributed by atoms with Gasteiger partial charge in [-0.2, -0.15) is 0 Å². The molecule has 5 rings (SSSR count). The molecule has 0 saturated heterocycles. The highest BCUT2D eigenvalue weighted by molar-refractivity contribution is 6.09. The second kappa shape index (κ2) is 4.64. The quantitative estimate of drug-likeness (QED) is 0.213. The van der Waals surface area contributed by atoms with Gasteiger partial charge in [0.1, 0.15) is 5.65 Å². The van der Waals surface area contributed by atoms with Gasteiger partial charge in [-0.15, -0.1) is 0 Å². The maximum Gasteiger partial charge on any atom is 0.271 e. The minimum absolute atomic E-state index is 0.0255. The van der Waals surface area contributed by atoms with Crippen LogP contribution in [0.2, 0.25) is 0 Å². The first-order chi connectivity index (χ1) is 12.1. The van der Waals surface area contributed by atoms with Crippen molar-refractivity contribution in [3.05, 3.63) is 70.3 Å². The molecule has 0 amide bonds. The average Bonchev–Trinajstić information content (AvgIpc) is 2.61. The first-order valence-corrected chi connectivity index (χ1v) is 7.68. The zero-order chi connectivity index (χ0) is 17.1. The Morgan fingerprint density at radius 1 is 1.12 bits per heavy atom. The molecule has 7 heteroatoms. The number of nitrogens with one attached hydrogen (secondary N) is 2. The van der Waals surface area contributed by atoms with Gasteiger partial charge < -0.3 is 4.98 Å². The molecule has 0 saturated carbocycles. The summed E-state index contributed by atoms with van der Waals surface area (Å²) in [6.07, 6.45) is 0. The molecule has 0 bridgehead atoms. The second-order valence-corrected chi connectivity index (χ2v) is 5.88. The van der Waals surface area contributed by atoms with Crippen LogP contribution in [0.4, 0.5) is 5.69 Å². The van der Waals surface area contributed by atoms with Crippen LogP contribution in [0.5, 0.6) is 0 Å². The van der Waals surface area contributed by atoms with Gasteiger partial charge in [-0.25, -0.2) is 4.98 Å². The molecule has 0 unspecified atom stereocenters. The Bertz CT molecular complexity index is 1390. The molecule has 25 heavy (non-hydrogen) atoms. The Morgan fingerprint density at radius 2 is 1.92 bits per heavy atom. The van der Waals surface area contributed by atoms with Crippen molar-refractivity contribution in [1.82, 2.24) is 14.4 Å². The molecule has 7 nitrogen and oxygen atoms in total. The van der Waals surface area contributed by atoms with Crippen molar-refractivity contribution in [2.45, 2.75) is 0 Å². The summed E-state index contributed by atoms with van der Waals surface area (Å²) in [7, 11) is 0. The molecule has 2 aromatic heterocycles. The van der Waals surface area contributed by atoms with E-state index < -0.39 is 4.92 Å². The Kier molecular flexibility index (Phi) is 2.54. The minimum atomic E-state index is -0.458. The van der Waals surface area contributed by atoms with Gasteiger partial charge in [0.25, 0.3) is 5.69 Å². The molecule has 0 atom stereocenters. The van der Waals surface area contributed by atoms with Crippen molar-refractivity contribution in [3.63, 3.8) is 0 Å². The van der Waals surface area contributed by atoms with Crippen molar-refractivity contribution >= 4 is 44.0 Å². The maximum atomic E-state index is 11.0. The first-order valence-electron chi connectivity index (χ1n) is 7.68. The molecular formula is C18H11N5O2. The zero-order valence-corrected chi connectivity index (χ0v) is 12.9. The average molecular weight is 329 g/mol. The standard InChI is InChI=1S/C18H11N5O2/c19-18-21-14-9-11(23(24)25)7-8-12(14)17-20-13-5-1-3-10-4-2-6-15(16(10)13)22(17)18/h1-9,19-20H. The van der Waals surface area contributed by atoms with Gasteiger partial charge in [0.2, 0.25) is 5.62 Å². The highest BCUT2D eigenvalue weighted by atomic mass is 16.6. The fourth-order valence-corrected chi connectivity index (χ4v) is 3.41. The highest BCUT2D eigenvalue weighted by Gasteiger charge is 2.13. The van der Waals surface area contributed by atoms with Crippen LogP contribution in [0.3, 0.4) is 0 Å². The largest absolute Gasteiger partial charge is 0.340 e. The Morgan fingerprint density at radius 3 is 2.72 bits per heavy atom. The number of aromatic amines is 1. The van der Waals surface area contributed by atoms with E-state index in [9.17, 15) is 10.1 Å². The lowest BCUT2D eigenvalue weighted by Gasteiger charge is -2.13. The number of nitro groups is 1. The number of aromatic nitrogens is 3. The van der Waals surface area contributed by atoms with E-state index in [0.717, 1.165) is 27.2 Å². The second-order valence-electron chi connectivity index (χ2n) is 5.88. The van der Waals surface area contributed by atoms with Crippen molar-refractivity contribution < 1.29 is 4.92 Å². The number of hydrogen-bond acceptors (Lipinski definition) is 4. The third-order valence-electron chi connectivity index (χ3n) is 4.49. The van der Waals surface area contributed by atoms with Crippen LogP contribution in [0, 0.1) is 15.5 Å². The summed E-state index contributed by atoms with van der Waals surface area (Å²) in [5.74, 6) is 0. The Balaban J connectivity index is 2.08. The van der Waals surface area contributed by atoms with E-state index in [1.54, 1.807) is 10.5 Å². The molecule has 2 N–H and O–H groups in total. The molecule has 120 valence electrons. The zero-order valence-electron chi connectivity index (χ0n) is 12.9. The van der Waals surface area contributed by atoms with E-state index in [0.29, 0.717) is 11.2 Å². The topological polar surface area (TPSA) is 100 Å². The first kappa shape index (κ1) is 13.7. The molecule has 3 aromatic carbocycles. The van der Waals surface area contributed by atoms with Gasteiger partial charge in [0, 0.05) is 28.4 Å². The van der Waals surface area contributed by atoms with Crippen molar-refractivity contribution in [2.24, 2.45) is 0 Å². The lowest BCUT2D eigenvalue weighted by Crippen LogP contribution is -2.19. The van der Waals surface area contributed by atoms with Crippen LogP contribution < -0.4 is 5.62 Å². The number of fused-ring (bicyclic) bond motifs is 4. The molecule has 0 fully saturated rings. The van der Waals surface area contributed by atoms with Crippen molar-refractivity contribution in [2.75, 3.05) is 0 Å². The fraction of sp³-hybridized carbons (Fsp3) is 0. The SMILES string of the molecule is N=c1nc2cc([N+](=O)[O-])ccc2c2[nH]c3cccc4cccc(c43)n12. The number of non-ortho nitro benzene ring substituents is 1. The van der Waals surface area contributed by atoms with Crippen LogP contribution in [-0.4, -0.2) is 19.3 Å². The third-order valence-corrected chi connectivity index (χ3v) is 4.49. The molecule has 2 heterocycles. The van der Waals surface area contributed by atoms with Crippen LogP contribution in [-0.2, 0) is 0 Å². The number of H-pyrrole nitrogens is 1. The number of hydrogen-bond donors (Lipinski definition) is 2. The summed E-state index contributed by atoms with van der Waals surface area (Å²) in [6, 6.07) is 16.4. The van der Waals surface area contributed by atoms with Crippen LogP contribution in [0.25, 0.3) is 38.4 Å². The molecule has 5 aromatic rings. The van der Waals surface area contributed by atoms with Crippen LogP contribution >= 0.6 is 0 Å². The molecular weight excluding hydrogens is 318 g/mol. The van der Waals surface area contributed by atoms with E-state index in [2.05, 4.69) is 9.97 Å². The molecule has 0 spiro atoms. The summed E-state index contributed by atoms with van der Waals surface area (Å²) < 4.78 is 1.74. The van der Waals surface area contributed by atoms with Crippen LogP contribution in [0.1, 0.15) is 0 Å². The fourth-order valence-electron chi connectivity index (χ4n) is 3.41. The van der Waals surface area contributed by atoms with Crippen molar-refractivity contribution in [3.8, 4) is 0 Å². The van der Waals surface area contributed by atoms with E-state index in [1.807, 2.05) is 36.4 Å². The molecule has 0 aliphatic rings. The van der Waals surface area contributed by atoms with E-state index >= 15 is 0 Å². The van der Waals surface area contributed by atoms with Gasteiger partial charge in [0.05, 0.1) is 16.0 Å². The van der Waals surface area contributed by atoms with Crippen molar-refractivity contribution in [1.29, 1.82) is 5.41 Å². The summed E-state index contributed by atoms with van der Waals surface area (Å²) in [5.41, 5.74) is 2.92. The summed E-state index contributed by atoms with van der Waals surface area (Å²) >= 11 is 0. The van der Waals surface area contributed by atoms with E-state index in [1.165, 1.54) is 12.1 Å². The lowest BCUT2D eigenvalue weighted by molar-refractivity contribution is -0.384. The van der Waals surface area contributed by atoms with Gasteiger partial charge in [-0.3, -0.25) is 19.9 Å². The third kappa shape index (κ3) is 1.80. The van der Waals surface area contributed by atoms with Crippen LogP contribution in [0.15, 0.2) is 54.6 Å². The normalized spacial score (nSPS) is 11.7. The minimum Gasteiger partial charge on any atom is -0.340 e. The Hall–Kier alpha value is -3.74. The lowest BCUT2D eigenvalue weighted by atomic mass is 10.1. The van der Waals surface area contributed by atoms with E-state index in [4.69, 9.17) is 5.41 Å². The summed E-state index contributed by atoms with van der Waals surface area (Å²) in [4.78, 5) is 18.2. The van der Waals surface area contributed by atoms with Gasteiger partial charge in [0.15, 0.2) is 0 Å². The number of rotatable bonds is 1. The monoisotopic (exact) mass is 329 g/mol.